The van der Waals surface area contributed by atoms with Gasteiger partial charge in [0.25, 0.3) is 0 Å². The van der Waals surface area contributed by atoms with E-state index in [1.165, 1.54) is 4.90 Å². The van der Waals surface area contributed by atoms with Gasteiger partial charge in [0, 0.05) is 25.6 Å². The van der Waals surface area contributed by atoms with E-state index in [2.05, 4.69) is 29.6 Å². The molecule has 7 heteroatoms. The molecule has 2 amide bonds. The van der Waals surface area contributed by atoms with E-state index in [1.54, 1.807) is 20.8 Å². The van der Waals surface area contributed by atoms with Crippen LogP contribution in [0.5, 0.6) is 0 Å². The lowest BCUT2D eigenvalue weighted by molar-refractivity contribution is -0.0418. The summed E-state index contributed by atoms with van der Waals surface area (Å²) < 4.78 is 24.5. The van der Waals surface area contributed by atoms with Crippen molar-refractivity contribution in [1.82, 2.24) is 10.2 Å². The maximum atomic E-state index is 13.7. The number of alkyl carbamates (subject to hydrolysis) is 1. The first-order chi connectivity index (χ1) is 15.2. The van der Waals surface area contributed by atoms with Crippen LogP contribution < -0.4 is 5.32 Å². The van der Waals surface area contributed by atoms with Gasteiger partial charge in [-0.1, -0.05) is 48.5 Å². The van der Waals surface area contributed by atoms with Gasteiger partial charge in [0.15, 0.2) is 0 Å². The van der Waals surface area contributed by atoms with Crippen molar-refractivity contribution < 1.29 is 23.5 Å². The van der Waals surface area contributed by atoms with Crippen molar-refractivity contribution in [3.63, 3.8) is 0 Å². The Kier molecular flexibility index (Phi) is 5.84. The molecule has 2 aliphatic rings. The molecule has 1 fully saturated rings. The zero-order chi connectivity index (χ0) is 22.9. The molecule has 1 N–H and O–H groups in total. The molecule has 0 saturated carbocycles. The summed E-state index contributed by atoms with van der Waals surface area (Å²) in [5.41, 5.74) is 3.17. The molecule has 2 aromatic rings. The lowest BCUT2D eigenvalue weighted by atomic mass is 9.81. The standard InChI is InChI=1S/C25H29FN2O4/c1-24(2,3)32-23(30)28-15-25(13-26,16-28)14-27-22(29)31-12-21-19-10-6-4-8-17(19)18-9-5-7-11-20(18)21/h4-11,21H,12-16H2,1-3H3,(H,27,29). The number of nitrogens with zero attached hydrogens (tertiary/aromatic N) is 1. The number of benzene rings is 2. The quantitative estimate of drug-likeness (QED) is 0.730. The molecule has 1 aliphatic carbocycles. The zero-order valence-electron chi connectivity index (χ0n) is 18.7. The molecule has 1 saturated heterocycles. The summed E-state index contributed by atoms with van der Waals surface area (Å²) in [7, 11) is 0. The highest BCUT2D eigenvalue weighted by atomic mass is 19.1. The molecule has 6 nitrogen and oxygen atoms in total. The smallest absolute Gasteiger partial charge is 0.410 e. The van der Waals surface area contributed by atoms with Crippen molar-refractivity contribution in [2.24, 2.45) is 5.41 Å². The highest BCUT2D eigenvalue weighted by molar-refractivity contribution is 5.79. The third-order valence-corrected chi connectivity index (χ3v) is 5.94. The van der Waals surface area contributed by atoms with Gasteiger partial charge < -0.3 is 19.7 Å². The van der Waals surface area contributed by atoms with Gasteiger partial charge in [-0.05, 0) is 43.0 Å². The highest BCUT2D eigenvalue weighted by Gasteiger charge is 2.47. The summed E-state index contributed by atoms with van der Waals surface area (Å²) in [4.78, 5) is 25.9. The van der Waals surface area contributed by atoms with Crippen LogP contribution in [0.4, 0.5) is 14.0 Å². The molecule has 0 atom stereocenters. The van der Waals surface area contributed by atoms with E-state index in [1.807, 2.05) is 24.3 Å². The topological polar surface area (TPSA) is 67.9 Å². The summed E-state index contributed by atoms with van der Waals surface area (Å²) in [6.45, 7) is 5.40. The maximum Gasteiger partial charge on any atom is 0.410 e. The largest absolute Gasteiger partial charge is 0.449 e. The minimum atomic E-state index is -0.803. The number of rotatable bonds is 5. The van der Waals surface area contributed by atoms with Gasteiger partial charge in [-0.3, -0.25) is 4.39 Å². The van der Waals surface area contributed by atoms with Crippen LogP contribution in [0.3, 0.4) is 0 Å². The van der Waals surface area contributed by atoms with Gasteiger partial charge in [0.1, 0.15) is 18.9 Å². The molecule has 2 aromatic carbocycles. The molecule has 0 unspecified atom stereocenters. The first-order valence-electron chi connectivity index (χ1n) is 10.8. The molecule has 1 aliphatic heterocycles. The number of halogens is 1. The number of hydrogen-bond donors (Lipinski definition) is 1. The molecule has 4 rings (SSSR count). The van der Waals surface area contributed by atoms with E-state index in [9.17, 15) is 14.0 Å². The number of likely N-dealkylation sites (tertiary alicyclic amines) is 1. The van der Waals surface area contributed by atoms with Gasteiger partial charge in [-0.2, -0.15) is 0 Å². The number of amides is 2. The summed E-state index contributed by atoms with van der Waals surface area (Å²) >= 11 is 0. The van der Waals surface area contributed by atoms with Gasteiger partial charge in [-0.15, -0.1) is 0 Å². The molecular formula is C25H29FN2O4. The monoisotopic (exact) mass is 440 g/mol. The summed E-state index contributed by atoms with van der Waals surface area (Å²) in [6, 6.07) is 16.2. The normalized spacial score (nSPS) is 16.6. The SMILES string of the molecule is CC(C)(C)OC(=O)N1CC(CF)(CNC(=O)OCC2c3ccccc3-c3ccccc32)C1. The molecule has 0 radical (unpaired) electrons. The fourth-order valence-electron chi connectivity index (χ4n) is 4.37. The molecule has 32 heavy (non-hydrogen) atoms. The Morgan fingerprint density at radius 3 is 2.16 bits per heavy atom. The first-order valence-corrected chi connectivity index (χ1v) is 10.8. The van der Waals surface area contributed by atoms with E-state index >= 15 is 0 Å². The summed E-state index contributed by atoms with van der Waals surface area (Å²) in [5.74, 6) is -0.0327. The Morgan fingerprint density at radius 2 is 1.62 bits per heavy atom. The zero-order valence-corrected chi connectivity index (χ0v) is 18.7. The second-order valence-electron chi connectivity index (χ2n) is 9.65. The average Bonchev–Trinajstić information content (AvgIpc) is 3.04. The molecule has 0 bridgehead atoms. The lowest BCUT2D eigenvalue weighted by Gasteiger charge is -2.48. The van der Waals surface area contributed by atoms with E-state index in [4.69, 9.17) is 9.47 Å². The van der Waals surface area contributed by atoms with Crippen molar-refractivity contribution in [2.45, 2.75) is 32.3 Å². The third-order valence-electron chi connectivity index (χ3n) is 5.94. The molecule has 0 aromatic heterocycles. The lowest BCUT2D eigenvalue weighted by Crippen LogP contribution is -2.64. The predicted molar refractivity (Wildman–Crippen MR) is 119 cm³/mol. The van der Waals surface area contributed by atoms with Crippen molar-refractivity contribution in [3.05, 3.63) is 59.7 Å². The fraction of sp³-hybridized carbons (Fsp3) is 0.440. The van der Waals surface area contributed by atoms with Gasteiger partial charge in [-0.25, -0.2) is 9.59 Å². The number of carbonyl (C=O) groups is 2. The van der Waals surface area contributed by atoms with Crippen molar-refractivity contribution >= 4 is 12.2 Å². The second-order valence-corrected chi connectivity index (χ2v) is 9.65. The number of ether oxygens (including phenoxy) is 2. The van der Waals surface area contributed by atoms with E-state index in [0.29, 0.717) is 0 Å². The fourth-order valence-corrected chi connectivity index (χ4v) is 4.37. The van der Waals surface area contributed by atoms with E-state index < -0.39 is 29.9 Å². The Labute approximate surface area is 187 Å². The molecule has 170 valence electrons. The van der Waals surface area contributed by atoms with E-state index in [-0.39, 0.29) is 32.2 Å². The van der Waals surface area contributed by atoms with Crippen LogP contribution in [0.15, 0.2) is 48.5 Å². The third kappa shape index (κ3) is 4.42. The number of fused-ring (bicyclic) bond motifs is 3. The van der Waals surface area contributed by atoms with Crippen LogP contribution in [0.2, 0.25) is 0 Å². The highest BCUT2D eigenvalue weighted by Crippen LogP contribution is 2.44. The number of carbonyl (C=O) groups excluding carboxylic acids is 2. The maximum absolute atomic E-state index is 13.7. The Bertz CT molecular complexity index is 965. The van der Waals surface area contributed by atoms with Crippen LogP contribution in [0, 0.1) is 5.41 Å². The molecule has 1 heterocycles. The van der Waals surface area contributed by atoms with Crippen LogP contribution in [-0.2, 0) is 9.47 Å². The minimum absolute atomic E-state index is 0.0327. The summed E-state index contributed by atoms with van der Waals surface area (Å²) in [6.07, 6.45) is -1.06. The van der Waals surface area contributed by atoms with Crippen LogP contribution in [-0.4, -0.2) is 55.6 Å². The van der Waals surface area contributed by atoms with Gasteiger partial charge in [0.2, 0.25) is 0 Å². The molecular weight excluding hydrogens is 411 g/mol. The van der Waals surface area contributed by atoms with Crippen molar-refractivity contribution in [2.75, 3.05) is 32.9 Å². The van der Waals surface area contributed by atoms with Crippen molar-refractivity contribution in [3.8, 4) is 11.1 Å². The van der Waals surface area contributed by atoms with Crippen LogP contribution in [0.25, 0.3) is 11.1 Å². The number of nitrogens with one attached hydrogen (secondary N) is 1. The Hall–Kier alpha value is -3.09. The second kappa shape index (κ2) is 8.45. The first kappa shape index (κ1) is 22.1. The van der Waals surface area contributed by atoms with Crippen LogP contribution >= 0.6 is 0 Å². The summed E-state index contributed by atoms with van der Waals surface area (Å²) in [5, 5.41) is 2.68. The minimum Gasteiger partial charge on any atom is -0.449 e. The predicted octanol–water partition coefficient (Wildman–Crippen LogP) is 4.73. The Morgan fingerprint density at radius 1 is 1.06 bits per heavy atom. The number of alkyl halides is 1. The Balaban J connectivity index is 1.30. The van der Waals surface area contributed by atoms with E-state index in [0.717, 1.165) is 22.3 Å². The average molecular weight is 441 g/mol. The number of hydrogen-bond acceptors (Lipinski definition) is 4. The van der Waals surface area contributed by atoms with Gasteiger partial charge >= 0.3 is 12.2 Å². The van der Waals surface area contributed by atoms with Crippen LogP contribution in [0.1, 0.15) is 37.8 Å². The van der Waals surface area contributed by atoms with Gasteiger partial charge in [0.05, 0.1) is 5.41 Å². The van der Waals surface area contributed by atoms with Crippen molar-refractivity contribution in [1.29, 1.82) is 0 Å². The molecule has 0 spiro atoms.